The van der Waals surface area contributed by atoms with Crippen molar-refractivity contribution in [3.63, 3.8) is 0 Å². The maximum Gasteiger partial charge on any atom is 0.143 e. The molecule has 4 heteroatoms. The van der Waals surface area contributed by atoms with Crippen molar-refractivity contribution >= 4 is 43.7 Å². The van der Waals surface area contributed by atoms with Crippen molar-refractivity contribution in [2.45, 2.75) is 0 Å². The van der Waals surface area contributed by atoms with Crippen LogP contribution in [0, 0.1) is 0 Å². The van der Waals surface area contributed by atoms with Crippen LogP contribution >= 0.6 is 0 Å². The molecule has 182 valence electrons. The highest BCUT2D eigenvalue weighted by molar-refractivity contribution is 6.09. The van der Waals surface area contributed by atoms with Gasteiger partial charge in [0, 0.05) is 50.6 Å². The number of furan rings is 1. The van der Waals surface area contributed by atoms with Gasteiger partial charge in [0.25, 0.3) is 0 Å². The first-order valence-corrected chi connectivity index (χ1v) is 12.9. The summed E-state index contributed by atoms with van der Waals surface area (Å²) in [6.07, 6.45) is 3.61. The molecule has 4 nitrogen and oxygen atoms in total. The lowest BCUT2D eigenvalue weighted by molar-refractivity contribution is 0.670. The molecule has 0 radical (unpaired) electrons. The summed E-state index contributed by atoms with van der Waals surface area (Å²) < 4.78 is 6.26. The van der Waals surface area contributed by atoms with Crippen molar-refractivity contribution in [3.05, 3.63) is 128 Å². The number of hydrogen-bond donors (Lipinski definition) is 0. The van der Waals surface area contributed by atoms with E-state index >= 15 is 0 Å². The van der Waals surface area contributed by atoms with Crippen LogP contribution in [-0.2, 0) is 0 Å². The molecular weight excluding hydrogens is 478 g/mol. The Balaban J connectivity index is 1.22. The third kappa shape index (κ3) is 3.57. The molecule has 8 rings (SSSR count). The lowest BCUT2D eigenvalue weighted by Gasteiger charge is -2.09. The van der Waals surface area contributed by atoms with E-state index in [9.17, 15) is 0 Å². The number of rotatable bonds is 3. The zero-order valence-corrected chi connectivity index (χ0v) is 20.9. The first kappa shape index (κ1) is 21.7. The molecule has 0 saturated heterocycles. The van der Waals surface area contributed by atoms with Gasteiger partial charge in [-0.15, -0.1) is 0 Å². The molecule has 0 fully saturated rings. The van der Waals surface area contributed by atoms with Gasteiger partial charge in [0.2, 0.25) is 0 Å². The molecule has 0 N–H and O–H groups in total. The van der Waals surface area contributed by atoms with E-state index < -0.39 is 0 Å². The first-order chi connectivity index (χ1) is 19.3. The summed E-state index contributed by atoms with van der Waals surface area (Å²) in [6.45, 7) is 0. The molecular formula is C35H21N3O. The van der Waals surface area contributed by atoms with Crippen LogP contribution in [0.2, 0.25) is 0 Å². The van der Waals surface area contributed by atoms with Crippen LogP contribution in [0.3, 0.4) is 0 Å². The van der Waals surface area contributed by atoms with E-state index in [-0.39, 0.29) is 0 Å². The lowest BCUT2D eigenvalue weighted by Crippen LogP contribution is -1.91. The zero-order chi connectivity index (χ0) is 25.8. The molecule has 0 aliphatic heterocycles. The van der Waals surface area contributed by atoms with Gasteiger partial charge >= 0.3 is 0 Å². The highest BCUT2D eigenvalue weighted by Crippen LogP contribution is 2.36. The largest absolute Gasteiger partial charge is 0.455 e. The number of pyridine rings is 3. The minimum atomic E-state index is 0.888. The van der Waals surface area contributed by atoms with E-state index in [0.717, 1.165) is 77.4 Å². The summed E-state index contributed by atoms with van der Waals surface area (Å²) in [5, 5.41) is 4.40. The van der Waals surface area contributed by atoms with Crippen LogP contribution in [0.25, 0.3) is 77.4 Å². The van der Waals surface area contributed by atoms with Crippen LogP contribution in [0.5, 0.6) is 0 Å². The van der Waals surface area contributed by atoms with Crippen LogP contribution in [-0.4, -0.2) is 15.0 Å². The predicted octanol–water partition coefficient (Wildman–Crippen LogP) is 9.08. The Bertz CT molecular complexity index is 2160. The molecule has 0 bridgehead atoms. The van der Waals surface area contributed by atoms with E-state index in [1.54, 1.807) is 6.20 Å². The molecule has 0 aliphatic carbocycles. The van der Waals surface area contributed by atoms with E-state index in [1.807, 2.05) is 42.6 Å². The van der Waals surface area contributed by atoms with E-state index in [1.165, 1.54) is 0 Å². The van der Waals surface area contributed by atoms with E-state index in [4.69, 9.17) is 14.4 Å². The van der Waals surface area contributed by atoms with Crippen LogP contribution in [0.4, 0.5) is 0 Å². The van der Waals surface area contributed by atoms with Crippen molar-refractivity contribution in [1.29, 1.82) is 0 Å². The number of aromatic nitrogens is 3. The fourth-order valence-corrected chi connectivity index (χ4v) is 5.40. The lowest BCUT2D eigenvalue weighted by atomic mass is 10.00. The van der Waals surface area contributed by atoms with Gasteiger partial charge in [-0.25, -0.2) is 9.97 Å². The number of hydrogen-bond acceptors (Lipinski definition) is 4. The molecule has 39 heavy (non-hydrogen) atoms. The second-order valence-electron chi connectivity index (χ2n) is 9.70. The third-order valence-electron chi connectivity index (χ3n) is 7.37. The Kier molecular flexibility index (Phi) is 4.79. The third-order valence-corrected chi connectivity index (χ3v) is 7.37. The van der Waals surface area contributed by atoms with Gasteiger partial charge in [0.15, 0.2) is 0 Å². The topological polar surface area (TPSA) is 51.8 Å². The van der Waals surface area contributed by atoms with Crippen LogP contribution in [0.1, 0.15) is 0 Å². The molecule has 0 amide bonds. The molecule has 4 aromatic heterocycles. The molecule has 8 aromatic rings. The van der Waals surface area contributed by atoms with Crippen molar-refractivity contribution in [2.75, 3.05) is 0 Å². The highest BCUT2D eigenvalue weighted by atomic mass is 16.3. The minimum absolute atomic E-state index is 0.888. The molecule has 0 aliphatic rings. The molecule has 4 heterocycles. The SMILES string of the molecule is c1cncc(-c2ccc3ccc4ccc(-c5ccc(-c6cccc7c6oc6ccccc67)cc5)nc4c3n2)c1. The van der Waals surface area contributed by atoms with Gasteiger partial charge in [0.1, 0.15) is 11.2 Å². The zero-order valence-electron chi connectivity index (χ0n) is 20.9. The standard InChI is InChI=1S/C35H21N3O/c1-2-9-32-28(6-1)29-8-3-7-27(35(29)39-32)22-10-12-23(13-11-22)30-18-16-24-14-15-25-17-19-31(26-5-4-20-36-21-26)38-34(25)33(24)37-30/h1-21H. The summed E-state index contributed by atoms with van der Waals surface area (Å²) >= 11 is 0. The first-order valence-electron chi connectivity index (χ1n) is 12.9. The van der Waals surface area contributed by atoms with Gasteiger partial charge in [0.05, 0.1) is 22.4 Å². The molecule has 0 spiro atoms. The van der Waals surface area contributed by atoms with Crippen molar-refractivity contribution in [2.24, 2.45) is 0 Å². The van der Waals surface area contributed by atoms with E-state index in [2.05, 4.69) is 83.8 Å². The summed E-state index contributed by atoms with van der Waals surface area (Å²) in [5.41, 5.74) is 9.65. The molecule has 0 atom stereocenters. The Morgan fingerprint density at radius 1 is 0.487 bits per heavy atom. The Labute approximate surface area is 224 Å². The van der Waals surface area contributed by atoms with Crippen molar-refractivity contribution in [3.8, 4) is 33.6 Å². The quantitative estimate of drug-likeness (QED) is 0.228. The Morgan fingerprint density at radius 2 is 1.15 bits per heavy atom. The number of nitrogens with zero attached hydrogens (tertiary/aromatic N) is 3. The summed E-state index contributed by atoms with van der Waals surface area (Å²) in [4.78, 5) is 14.3. The average molecular weight is 500 g/mol. The molecule has 0 unspecified atom stereocenters. The van der Waals surface area contributed by atoms with Gasteiger partial charge < -0.3 is 4.42 Å². The van der Waals surface area contributed by atoms with Gasteiger partial charge in [-0.05, 0) is 35.9 Å². The average Bonchev–Trinajstić information content (AvgIpc) is 3.40. The second kappa shape index (κ2) is 8.61. The second-order valence-corrected chi connectivity index (χ2v) is 9.70. The number of para-hydroxylation sites is 2. The smallest absolute Gasteiger partial charge is 0.143 e. The normalized spacial score (nSPS) is 11.6. The maximum absolute atomic E-state index is 6.26. The van der Waals surface area contributed by atoms with Crippen molar-refractivity contribution < 1.29 is 4.42 Å². The maximum atomic E-state index is 6.26. The van der Waals surface area contributed by atoms with Crippen LogP contribution < -0.4 is 0 Å². The summed E-state index contributed by atoms with van der Waals surface area (Å²) in [6, 6.07) is 39.6. The molecule has 4 aromatic carbocycles. The van der Waals surface area contributed by atoms with E-state index in [0.29, 0.717) is 0 Å². The highest BCUT2D eigenvalue weighted by Gasteiger charge is 2.13. The van der Waals surface area contributed by atoms with Crippen LogP contribution in [0.15, 0.2) is 132 Å². The Morgan fingerprint density at radius 3 is 1.90 bits per heavy atom. The monoisotopic (exact) mass is 499 g/mol. The summed E-state index contributed by atoms with van der Waals surface area (Å²) in [5.74, 6) is 0. The number of fused-ring (bicyclic) bond motifs is 6. The van der Waals surface area contributed by atoms with Gasteiger partial charge in [-0.1, -0.05) is 84.9 Å². The van der Waals surface area contributed by atoms with Gasteiger partial charge in [-0.2, -0.15) is 0 Å². The predicted molar refractivity (Wildman–Crippen MR) is 158 cm³/mol. The number of benzene rings is 4. The minimum Gasteiger partial charge on any atom is -0.455 e. The fourth-order valence-electron chi connectivity index (χ4n) is 5.40. The fraction of sp³-hybridized carbons (Fsp3) is 0. The summed E-state index contributed by atoms with van der Waals surface area (Å²) in [7, 11) is 0. The molecule has 0 saturated carbocycles. The van der Waals surface area contributed by atoms with Gasteiger partial charge in [-0.3, -0.25) is 4.98 Å². The van der Waals surface area contributed by atoms with Crippen molar-refractivity contribution in [1.82, 2.24) is 15.0 Å². The Hall–Kier alpha value is -5.35.